The summed E-state index contributed by atoms with van der Waals surface area (Å²) in [5.41, 5.74) is 5.36. The first-order valence-corrected chi connectivity index (χ1v) is 3.77. The van der Waals surface area contributed by atoms with Crippen molar-refractivity contribution in [2.45, 2.75) is 18.9 Å². The van der Waals surface area contributed by atoms with E-state index in [-0.39, 0.29) is 0 Å². The van der Waals surface area contributed by atoms with E-state index < -0.39 is 0 Å². The molecule has 0 radical (unpaired) electrons. The number of anilines is 1. The van der Waals surface area contributed by atoms with Gasteiger partial charge in [-0.25, -0.2) is 0 Å². The fourth-order valence-electron chi connectivity index (χ4n) is 1.36. The number of nitrogen functional groups attached to an aromatic ring is 1. The van der Waals surface area contributed by atoms with Crippen LogP contribution in [-0.4, -0.2) is 21.7 Å². The highest BCUT2D eigenvalue weighted by Gasteiger charge is 2.18. The van der Waals surface area contributed by atoms with Gasteiger partial charge < -0.3 is 11.1 Å². The minimum absolute atomic E-state index is 0.328. The highest BCUT2D eigenvalue weighted by atomic mass is 15.3. The quantitative estimate of drug-likeness (QED) is 0.522. The molecule has 1 fully saturated rings. The second kappa shape index (κ2) is 2.50. The Kier molecular flexibility index (Phi) is 1.50. The van der Waals surface area contributed by atoms with Crippen molar-refractivity contribution in [1.29, 1.82) is 0 Å². The molecule has 1 aromatic heterocycles. The molecule has 5 nitrogen and oxygen atoms in total. The van der Waals surface area contributed by atoms with Gasteiger partial charge in [-0.1, -0.05) is 0 Å². The molecule has 1 aliphatic heterocycles. The monoisotopic (exact) mass is 153 g/mol. The molecule has 0 bridgehead atoms. The van der Waals surface area contributed by atoms with Crippen LogP contribution in [-0.2, 0) is 0 Å². The van der Waals surface area contributed by atoms with E-state index in [9.17, 15) is 0 Å². The SMILES string of the molecule is Nc1n[nH]c([C@@H]2CCCN2)n1. The fourth-order valence-corrected chi connectivity index (χ4v) is 1.36. The van der Waals surface area contributed by atoms with Crippen LogP contribution >= 0.6 is 0 Å². The second-order valence-electron chi connectivity index (χ2n) is 2.73. The van der Waals surface area contributed by atoms with Crippen molar-refractivity contribution >= 4 is 5.95 Å². The molecule has 0 aliphatic carbocycles. The summed E-state index contributed by atoms with van der Waals surface area (Å²) in [5.74, 6) is 1.19. The zero-order valence-electron chi connectivity index (χ0n) is 6.17. The lowest BCUT2D eigenvalue weighted by molar-refractivity contribution is 0.608. The van der Waals surface area contributed by atoms with Crippen molar-refractivity contribution in [2.75, 3.05) is 12.3 Å². The van der Waals surface area contributed by atoms with Crippen molar-refractivity contribution in [3.05, 3.63) is 5.82 Å². The molecule has 1 saturated heterocycles. The largest absolute Gasteiger partial charge is 0.367 e. The van der Waals surface area contributed by atoms with E-state index in [0.29, 0.717) is 12.0 Å². The van der Waals surface area contributed by atoms with Gasteiger partial charge in [0.15, 0.2) is 0 Å². The summed E-state index contributed by atoms with van der Waals surface area (Å²) in [4.78, 5) is 4.04. The topological polar surface area (TPSA) is 79.6 Å². The van der Waals surface area contributed by atoms with E-state index in [0.717, 1.165) is 18.8 Å². The number of nitrogens with one attached hydrogen (secondary N) is 2. The van der Waals surface area contributed by atoms with Gasteiger partial charge in [0.05, 0.1) is 6.04 Å². The number of H-pyrrole nitrogens is 1. The molecule has 11 heavy (non-hydrogen) atoms. The van der Waals surface area contributed by atoms with E-state index in [2.05, 4.69) is 20.5 Å². The highest BCUT2D eigenvalue weighted by molar-refractivity contribution is 5.14. The van der Waals surface area contributed by atoms with Gasteiger partial charge in [-0.3, -0.25) is 5.10 Å². The first-order valence-electron chi connectivity index (χ1n) is 3.77. The van der Waals surface area contributed by atoms with Gasteiger partial charge in [-0.15, -0.1) is 5.10 Å². The summed E-state index contributed by atoms with van der Waals surface area (Å²) in [7, 11) is 0. The van der Waals surface area contributed by atoms with Crippen molar-refractivity contribution in [2.24, 2.45) is 0 Å². The Hall–Kier alpha value is -1.10. The van der Waals surface area contributed by atoms with E-state index >= 15 is 0 Å². The number of aromatic amines is 1. The van der Waals surface area contributed by atoms with Crippen LogP contribution in [0.1, 0.15) is 24.7 Å². The van der Waals surface area contributed by atoms with E-state index in [1.807, 2.05) is 0 Å². The van der Waals surface area contributed by atoms with Crippen LogP contribution < -0.4 is 11.1 Å². The van der Waals surface area contributed by atoms with Gasteiger partial charge in [-0.05, 0) is 19.4 Å². The smallest absolute Gasteiger partial charge is 0.239 e. The van der Waals surface area contributed by atoms with Crippen LogP contribution in [0.25, 0.3) is 0 Å². The Morgan fingerprint density at radius 1 is 1.55 bits per heavy atom. The van der Waals surface area contributed by atoms with Crippen LogP contribution in [0.2, 0.25) is 0 Å². The van der Waals surface area contributed by atoms with Crippen LogP contribution in [0.3, 0.4) is 0 Å². The predicted octanol–water partition coefficient (Wildman–Crippen LogP) is -0.189. The van der Waals surface area contributed by atoms with Gasteiger partial charge in [0.1, 0.15) is 5.82 Å². The molecular formula is C6H11N5. The lowest BCUT2D eigenvalue weighted by atomic mass is 10.2. The van der Waals surface area contributed by atoms with Crippen molar-refractivity contribution in [3.8, 4) is 0 Å². The van der Waals surface area contributed by atoms with Crippen molar-refractivity contribution in [3.63, 3.8) is 0 Å². The summed E-state index contributed by atoms with van der Waals surface area (Å²) in [5, 5.41) is 9.86. The van der Waals surface area contributed by atoms with Crippen LogP contribution in [0.4, 0.5) is 5.95 Å². The molecule has 0 unspecified atom stereocenters. The maximum Gasteiger partial charge on any atom is 0.239 e. The predicted molar refractivity (Wildman–Crippen MR) is 40.8 cm³/mol. The molecule has 1 aromatic rings. The van der Waals surface area contributed by atoms with Gasteiger partial charge in [0.25, 0.3) is 0 Å². The maximum atomic E-state index is 5.36. The summed E-state index contributed by atoms with van der Waals surface area (Å²) in [6, 6.07) is 0.333. The molecule has 5 heteroatoms. The van der Waals surface area contributed by atoms with Crippen molar-refractivity contribution < 1.29 is 0 Å². The van der Waals surface area contributed by atoms with Crippen LogP contribution in [0, 0.1) is 0 Å². The molecule has 0 saturated carbocycles. The van der Waals surface area contributed by atoms with Crippen molar-refractivity contribution in [1.82, 2.24) is 20.5 Å². The Morgan fingerprint density at radius 3 is 3.00 bits per heavy atom. The van der Waals surface area contributed by atoms with E-state index in [1.54, 1.807) is 0 Å². The molecular weight excluding hydrogens is 142 g/mol. The van der Waals surface area contributed by atoms with Gasteiger partial charge in [0.2, 0.25) is 5.95 Å². The van der Waals surface area contributed by atoms with Crippen LogP contribution in [0.5, 0.6) is 0 Å². The number of hydrogen-bond acceptors (Lipinski definition) is 4. The minimum atomic E-state index is 0.328. The summed E-state index contributed by atoms with van der Waals surface area (Å²) < 4.78 is 0. The zero-order valence-corrected chi connectivity index (χ0v) is 6.17. The number of rotatable bonds is 1. The zero-order chi connectivity index (χ0) is 7.68. The first kappa shape index (κ1) is 6.60. The summed E-state index contributed by atoms with van der Waals surface area (Å²) >= 11 is 0. The molecule has 1 aliphatic rings. The van der Waals surface area contributed by atoms with E-state index in [1.165, 1.54) is 6.42 Å². The van der Waals surface area contributed by atoms with Gasteiger partial charge in [-0.2, -0.15) is 4.98 Å². The molecule has 0 spiro atoms. The van der Waals surface area contributed by atoms with Crippen LogP contribution in [0.15, 0.2) is 0 Å². The summed E-state index contributed by atoms with van der Waals surface area (Å²) in [6.07, 6.45) is 2.32. The third-order valence-corrected chi connectivity index (χ3v) is 1.91. The number of hydrogen-bond donors (Lipinski definition) is 3. The molecule has 0 amide bonds. The Labute approximate surface area is 64.4 Å². The lowest BCUT2D eigenvalue weighted by Gasteiger charge is -2.03. The molecule has 4 N–H and O–H groups in total. The molecule has 2 heterocycles. The number of aromatic nitrogens is 3. The van der Waals surface area contributed by atoms with Gasteiger partial charge >= 0.3 is 0 Å². The molecule has 2 rings (SSSR count). The fraction of sp³-hybridized carbons (Fsp3) is 0.667. The summed E-state index contributed by atoms with van der Waals surface area (Å²) in [6.45, 7) is 1.06. The third kappa shape index (κ3) is 1.19. The Balaban J connectivity index is 2.15. The third-order valence-electron chi connectivity index (χ3n) is 1.91. The molecule has 0 aromatic carbocycles. The average molecular weight is 153 g/mol. The number of nitrogens with zero attached hydrogens (tertiary/aromatic N) is 2. The number of nitrogens with two attached hydrogens (primary N) is 1. The molecule has 1 atom stereocenters. The Morgan fingerprint density at radius 2 is 2.45 bits per heavy atom. The second-order valence-corrected chi connectivity index (χ2v) is 2.73. The average Bonchev–Trinajstić information content (AvgIpc) is 2.55. The lowest BCUT2D eigenvalue weighted by Crippen LogP contribution is -2.14. The maximum absolute atomic E-state index is 5.36. The minimum Gasteiger partial charge on any atom is -0.367 e. The normalized spacial score (nSPS) is 24.2. The highest BCUT2D eigenvalue weighted by Crippen LogP contribution is 2.19. The molecule has 60 valence electrons. The Bertz CT molecular complexity index is 237. The van der Waals surface area contributed by atoms with Gasteiger partial charge in [0, 0.05) is 0 Å². The first-order chi connectivity index (χ1) is 5.36. The van der Waals surface area contributed by atoms with E-state index in [4.69, 9.17) is 5.73 Å². The standard InChI is InChI=1S/C6H11N5/c7-6-9-5(10-11-6)4-2-1-3-8-4/h4,8H,1-3H2,(H3,7,9,10,11)/t4-/m0/s1.